The van der Waals surface area contributed by atoms with Crippen molar-refractivity contribution in [3.05, 3.63) is 24.3 Å². The lowest BCUT2D eigenvalue weighted by molar-refractivity contribution is -0.147. The van der Waals surface area contributed by atoms with Gasteiger partial charge in [-0.3, -0.25) is 9.59 Å². The van der Waals surface area contributed by atoms with Crippen LogP contribution in [0.4, 0.5) is 0 Å². The number of ether oxygens (including phenoxy) is 1. The molecule has 0 aromatic rings. The van der Waals surface area contributed by atoms with Crippen LogP contribution in [0, 0.1) is 0 Å². The van der Waals surface area contributed by atoms with Crippen molar-refractivity contribution >= 4 is 11.9 Å². The molecular weight excluding hydrogens is 629 g/mol. The quantitative estimate of drug-likeness (QED) is 0.0388. The van der Waals surface area contributed by atoms with Crippen LogP contribution in [0.25, 0.3) is 0 Å². The summed E-state index contributed by atoms with van der Waals surface area (Å²) >= 11 is 0. The van der Waals surface area contributed by atoms with E-state index in [2.05, 4.69) is 38.2 Å². The molecule has 0 spiro atoms. The van der Waals surface area contributed by atoms with Crippen LogP contribution in [0.5, 0.6) is 0 Å². The number of carboxylic acid groups (broad SMARTS) is 1. The van der Waals surface area contributed by atoms with Gasteiger partial charge in [-0.15, -0.1) is 0 Å². The van der Waals surface area contributed by atoms with Gasteiger partial charge in [0.1, 0.15) is 6.10 Å². The standard InChI is InChI=1S/C47H88O4/c1-3-5-7-9-11-13-14-15-16-17-18-19-20-21-22-23-24-25-26-28-30-36-40-44-47(50)51-45(41-37-33-29-27-12-10-8-6-4-2)42-38-34-31-32-35-39-43-46(48)49/h27,29,37,41,45H,3-26,28,30-36,38-40,42-44H2,1-2H3,(H,48,49)/b29-27-,41-37-. The molecular formula is C47H88O4. The van der Waals surface area contributed by atoms with E-state index in [9.17, 15) is 9.59 Å². The van der Waals surface area contributed by atoms with Gasteiger partial charge >= 0.3 is 11.9 Å². The molecule has 0 bridgehead atoms. The molecule has 0 aliphatic rings. The lowest BCUT2D eigenvalue weighted by atomic mass is 10.0. The molecule has 51 heavy (non-hydrogen) atoms. The van der Waals surface area contributed by atoms with E-state index in [4.69, 9.17) is 9.84 Å². The van der Waals surface area contributed by atoms with Crippen molar-refractivity contribution in [2.75, 3.05) is 0 Å². The molecule has 1 atom stereocenters. The average molecular weight is 717 g/mol. The topological polar surface area (TPSA) is 63.6 Å². The van der Waals surface area contributed by atoms with Crippen LogP contribution in [0.15, 0.2) is 24.3 Å². The first-order valence-corrected chi connectivity index (χ1v) is 22.8. The highest BCUT2D eigenvalue weighted by molar-refractivity contribution is 5.69. The SMILES string of the molecule is CCCCCC/C=C\C/C=C\C(CCCCCCCCC(=O)O)OC(=O)CCCCCCCCCCCCCCCCCCCCCCCCC. The summed E-state index contributed by atoms with van der Waals surface area (Å²) < 4.78 is 5.93. The maximum atomic E-state index is 12.7. The van der Waals surface area contributed by atoms with E-state index in [0.717, 1.165) is 70.6 Å². The number of carbonyl (C=O) groups is 2. The molecule has 0 radical (unpaired) electrons. The Morgan fingerprint density at radius 1 is 0.451 bits per heavy atom. The average Bonchev–Trinajstić information content (AvgIpc) is 3.12. The molecule has 0 fully saturated rings. The summed E-state index contributed by atoms with van der Waals surface area (Å²) in [6, 6.07) is 0. The van der Waals surface area contributed by atoms with Crippen LogP contribution in [0.1, 0.15) is 258 Å². The van der Waals surface area contributed by atoms with Crippen molar-refractivity contribution in [3.63, 3.8) is 0 Å². The number of unbranched alkanes of at least 4 members (excludes halogenated alkanes) is 31. The highest BCUT2D eigenvalue weighted by Crippen LogP contribution is 2.17. The van der Waals surface area contributed by atoms with Crippen molar-refractivity contribution in [1.82, 2.24) is 0 Å². The summed E-state index contributed by atoms with van der Waals surface area (Å²) in [5.41, 5.74) is 0. The third-order valence-electron chi connectivity index (χ3n) is 10.4. The van der Waals surface area contributed by atoms with Gasteiger partial charge in [0.2, 0.25) is 0 Å². The molecule has 0 aromatic heterocycles. The lowest BCUT2D eigenvalue weighted by Gasteiger charge is -2.14. The third kappa shape index (κ3) is 42.7. The summed E-state index contributed by atoms with van der Waals surface area (Å²) in [5, 5.41) is 8.79. The van der Waals surface area contributed by atoms with Crippen molar-refractivity contribution in [2.24, 2.45) is 0 Å². The second-order valence-electron chi connectivity index (χ2n) is 15.6. The van der Waals surface area contributed by atoms with Crippen LogP contribution in [-0.2, 0) is 14.3 Å². The molecule has 4 nitrogen and oxygen atoms in total. The molecule has 300 valence electrons. The summed E-state index contributed by atoms with van der Waals surface area (Å²) in [6.07, 6.45) is 55.3. The van der Waals surface area contributed by atoms with Gasteiger partial charge < -0.3 is 9.84 Å². The fourth-order valence-corrected chi connectivity index (χ4v) is 7.02. The Bertz CT molecular complexity index is 772. The van der Waals surface area contributed by atoms with Gasteiger partial charge in [0.25, 0.3) is 0 Å². The predicted octanol–water partition coefficient (Wildman–Crippen LogP) is 16.0. The van der Waals surface area contributed by atoms with Gasteiger partial charge in [-0.1, -0.05) is 218 Å². The molecule has 1 unspecified atom stereocenters. The van der Waals surface area contributed by atoms with E-state index in [1.54, 1.807) is 0 Å². The first kappa shape index (κ1) is 49.4. The number of allylic oxidation sites excluding steroid dienone is 3. The Kier molecular flexibility index (Phi) is 41.5. The molecule has 4 heteroatoms. The van der Waals surface area contributed by atoms with Crippen LogP contribution in [0.2, 0.25) is 0 Å². The number of hydrogen-bond acceptors (Lipinski definition) is 3. The van der Waals surface area contributed by atoms with Gasteiger partial charge in [-0.25, -0.2) is 0 Å². The predicted molar refractivity (Wildman–Crippen MR) is 223 cm³/mol. The summed E-state index contributed by atoms with van der Waals surface area (Å²) in [7, 11) is 0. The molecule has 0 rings (SSSR count). The van der Waals surface area contributed by atoms with E-state index in [1.807, 2.05) is 0 Å². The van der Waals surface area contributed by atoms with Crippen LogP contribution in [0.3, 0.4) is 0 Å². The molecule has 0 aliphatic heterocycles. The van der Waals surface area contributed by atoms with Crippen molar-refractivity contribution in [3.8, 4) is 0 Å². The lowest BCUT2D eigenvalue weighted by Crippen LogP contribution is -2.16. The van der Waals surface area contributed by atoms with E-state index in [1.165, 1.54) is 161 Å². The minimum Gasteiger partial charge on any atom is -0.481 e. The van der Waals surface area contributed by atoms with Crippen molar-refractivity contribution in [2.45, 2.75) is 264 Å². The Hall–Kier alpha value is -1.58. The largest absolute Gasteiger partial charge is 0.481 e. The number of aliphatic carboxylic acids is 1. The monoisotopic (exact) mass is 717 g/mol. The third-order valence-corrected chi connectivity index (χ3v) is 10.4. The highest BCUT2D eigenvalue weighted by Gasteiger charge is 2.11. The Morgan fingerprint density at radius 2 is 0.824 bits per heavy atom. The molecule has 0 saturated carbocycles. The zero-order chi connectivity index (χ0) is 37.1. The molecule has 0 aliphatic carbocycles. The minimum atomic E-state index is -0.700. The van der Waals surface area contributed by atoms with Crippen molar-refractivity contribution < 1.29 is 19.4 Å². The van der Waals surface area contributed by atoms with Gasteiger partial charge in [-0.2, -0.15) is 0 Å². The molecule has 1 N–H and O–H groups in total. The number of rotatable bonds is 42. The van der Waals surface area contributed by atoms with Gasteiger partial charge in [0.05, 0.1) is 0 Å². The molecule has 0 heterocycles. The van der Waals surface area contributed by atoms with E-state index in [0.29, 0.717) is 6.42 Å². The van der Waals surface area contributed by atoms with Crippen molar-refractivity contribution in [1.29, 1.82) is 0 Å². The zero-order valence-corrected chi connectivity index (χ0v) is 34.4. The zero-order valence-electron chi connectivity index (χ0n) is 34.4. The fourth-order valence-electron chi connectivity index (χ4n) is 7.02. The first-order valence-electron chi connectivity index (χ1n) is 22.8. The number of carboxylic acids is 1. The molecule has 0 saturated heterocycles. The highest BCUT2D eigenvalue weighted by atomic mass is 16.5. The van der Waals surface area contributed by atoms with Gasteiger partial charge in [0.15, 0.2) is 0 Å². The van der Waals surface area contributed by atoms with Crippen LogP contribution in [-0.4, -0.2) is 23.1 Å². The normalized spacial score (nSPS) is 12.4. The fraction of sp³-hybridized carbons (Fsp3) is 0.872. The summed E-state index contributed by atoms with van der Waals surface area (Å²) in [4.78, 5) is 23.4. The molecule has 0 aromatic carbocycles. The maximum absolute atomic E-state index is 12.7. The Morgan fingerprint density at radius 3 is 1.25 bits per heavy atom. The van der Waals surface area contributed by atoms with Crippen LogP contribution >= 0.6 is 0 Å². The summed E-state index contributed by atoms with van der Waals surface area (Å²) in [6.45, 7) is 4.54. The van der Waals surface area contributed by atoms with E-state index in [-0.39, 0.29) is 18.5 Å². The Labute approximate surface area is 318 Å². The van der Waals surface area contributed by atoms with Gasteiger partial charge in [-0.05, 0) is 51.0 Å². The maximum Gasteiger partial charge on any atom is 0.306 e. The molecule has 0 amide bonds. The number of carbonyl (C=O) groups excluding carboxylic acids is 1. The number of hydrogen-bond donors (Lipinski definition) is 1. The van der Waals surface area contributed by atoms with E-state index >= 15 is 0 Å². The second kappa shape index (κ2) is 42.8. The van der Waals surface area contributed by atoms with Gasteiger partial charge in [0, 0.05) is 12.8 Å². The van der Waals surface area contributed by atoms with Crippen LogP contribution < -0.4 is 0 Å². The number of esters is 1. The minimum absolute atomic E-state index is 0.0479. The second-order valence-corrected chi connectivity index (χ2v) is 15.6. The smallest absolute Gasteiger partial charge is 0.306 e. The van der Waals surface area contributed by atoms with E-state index < -0.39 is 5.97 Å². The summed E-state index contributed by atoms with van der Waals surface area (Å²) in [5.74, 6) is -0.748. The first-order chi connectivity index (χ1) is 25.1. The Balaban J connectivity index is 3.86.